The zero-order valence-corrected chi connectivity index (χ0v) is 11.3. The molecule has 1 aromatic rings. The fourth-order valence-corrected chi connectivity index (χ4v) is 1.78. The number of carboxylic acids is 1. The fraction of sp³-hybridized carbons (Fsp3) is 0.462. The van der Waals surface area contributed by atoms with Gasteiger partial charge >= 0.3 is 11.9 Å². The van der Waals surface area contributed by atoms with E-state index >= 15 is 0 Å². The summed E-state index contributed by atoms with van der Waals surface area (Å²) in [6, 6.07) is 3.10. The summed E-state index contributed by atoms with van der Waals surface area (Å²) in [6.07, 6.45) is 2.29. The van der Waals surface area contributed by atoms with Gasteiger partial charge in [0.15, 0.2) is 0 Å². The number of esters is 1. The molecule has 1 aromatic heterocycles. The Morgan fingerprint density at radius 1 is 1.42 bits per heavy atom. The van der Waals surface area contributed by atoms with Crippen LogP contribution < -0.4 is 5.32 Å². The van der Waals surface area contributed by atoms with Gasteiger partial charge in [0, 0.05) is 11.9 Å². The topological polar surface area (TPSA) is 88.5 Å². The molecule has 6 nitrogen and oxygen atoms in total. The second-order valence-electron chi connectivity index (χ2n) is 4.14. The predicted octanol–water partition coefficient (Wildman–Crippen LogP) is 1.92. The molecule has 19 heavy (non-hydrogen) atoms. The van der Waals surface area contributed by atoms with E-state index in [-0.39, 0.29) is 5.69 Å². The van der Waals surface area contributed by atoms with Gasteiger partial charge in [0.2, 0.25) is 0 Å². The molecule has 0 saturated carbocycles. The number of methoxy groups -OCH3 is 1. The average Bonchev–Trinajstić information content (AvgIpc) is 2.44. The van der Waals surface area contributed by atoms with Crippen LogP contribution in [0.15, 0.2) is 18.3 Å². The highest BCUT2D eigenvalue weighted by Gasteiger charge is 2.34. The van der Waals surface area contributed by atoms with Gasteiger partial charge < -0.3 is 15.2 Å². The summed E-state index contributed by atoms with van der Waals surface area (Å²) in [5.41, 5.74) is -0.380. The lowest BCUT2D eigenvalue weighted by Gasteiger charge is -2.29. The number of nitrogens with one attached hydrogen (secondary N) is 1. The van der Waals surface area contributed by atoms with Crippen LogP contribution in [-0.2, 0) is 9.53 Å². The molecule has 2 N–H and O–H groups in total. The number of rotatable bonds is 6. The van der Waals surface area contributed by atoms with Crippen LogP contribution in [0.3, 0.4) is 0 Å². The maximum atomic E-state index is 11.4. The molecule has 0 spiro atoms. The van der Waals surface area contributed by atoms with Crippen molar-refractivity contribution in [3.63, 3.8) is 0 Å². The summed E-state index contributed by atoms with van der Waals surface area (Å²) in [5.74, 6) is -1.48. The molecule has 6 heteroatoms. The molecule has 0 amide bonds. The Kier molecular flexibility index (Phi) is 4.86. The molecule has 0 radical (unpaired) electrons. The van der Waals surface area contributed by atoms with Crippen molar-refractivity contribution >= 4 is 17.6 Å². The van der Waals surface area contributed by atoms with E-state index in [1.54, 1.807) is 19.9 Å². The number of carbonyl (C=O) groups is 2. The van der Waals surface area contributed by atoms with Crippen LogP contribution in [0, 0.1) is 0 Å². The van der Waals surface area contributed by atoms with Gasteiger partial charge in [0.1, 0.15) is 11.2 Å². The minimum atomic E-state index is -1.05. The van der Waals surface area contributed by atoms with E-state index in [9.17, 15) is 14.7 Å². The van der Waals surface area contributed by atoms with E-state index in [0.29, 0.717) is 18.5 Å². The molecule has 0 aliphatic heterocycles. The lowest BCUT2D eigenvalue weighted by molar-refractivity contribution is -0.142. The second-order valence-corrected chi connectivity index (χ2v) is 4.14. The van der Waals surface area contributed by atoms with Crippen molar-refractivity contribution in [2.24, 2.45) is 0 Å². The minimum absolute atomic E-state index is 0.138. The molecular weight excluding hydrogens is 248 g/mol. The van der Waals surface area contributed by atoms with Crippen molar-refractivity contribution in [3.05, 3.63) is 24.0 Å². The van der Waals surface area contributed by atoms with Gasteiger partial charge in [-0.05, 0) is 25.0 Å². The van der Waals surface area contributed by atoms with Gasteiger partial charge in [0.25, 0.3) is 0 Å². The fourth-order valence-electron chi connectivity index (χ4n) is 1.78. The first-order chi connectivity index (χ1) is 8.99. The molecule has 104 valence electrons. The maximum Gasteiger partial charge on any atom is 0.356 e. The average molecular weight is 266 g/mol. The SMILES string of the molecule is CCC(CC)(Nc1ccnc(C(=O)OC)c1)C(=O)O. The zero-order chi connectivity index (χ0) is 14.5. The maximum absolute atomic E-state index is 11.4. The van der Waals surface area contributed by atoms with Gasteiger partial charge in [-0.25, -0.2) is 14.6 Å². The molecule has 0 bridgehead atoms. The van der Waals surface area contributed by atoms with Crippen LogP contribution in [-0.4, -0.2) is 34.7 Å². The van der Waals surface area contributed by atoms with E-state index in [1.807, 2.05) is 0 Å². The summed E-state index contributed by atoms with van der Waals surface area (Å²) in [6.45, 7) is 3.60. The highest BCUT2D eigenvalue weighted by molar-refractivity contribution is 5.89. The van der Waals surface area contributed by atoms with Gasteiger partial charge in [-0.3, -0.25) is 0 Å². The molecule has 0 saturated heterocycles. The summed E-state index contributed by atoms with van der Waals surface area (Å²) < 4.78 is 4.58. The Morgan fingerprint density at radius 3 is 2.53 bits per heavy atom. The van der Waals surface area contributed by atoms with Gasteiger partial charge in [-0.2, -0.15) is 0 Å². The molecule has 1 rings (SSSR count). The Labute approximate surface area is 111 Å². The third kappa shape index (κ3) is 3.21. The summed E-state index contributed by atoms with van der Waals surface area (Å²) >= 11 is 0. The first-order valence-electron chi connectivity index (χ1n) is 6.05. The molecule has 1 heterocycles. The Hall–Kier alpha value is -2.11. The first-order valence-corrected chi connectivity index (χ1v) is 6.05. The second kappa shape index (κ2) is 6.17. The minimum Gasteiger partial charge on any atom is -0.480 e. The molecule has 0 aliphatic carbocycles. The third-order valence-corrected chi connectivity index (χ3v) is 3.15. The van der Waals surface area contributed by atoms with Gasteiger partial charge in [0.05, 0.1) is 7.11 Å². The van der Waals surface area contributed by atoms with Crippen molar-refractivity contribution in [2.45, 2.75) is 32.2 Å². The lowest BCUT2D eigenvalue weighted by Crippen LogP contribution is -2.45. The van der Waals surface area contributed by atoms with Crippen molar-refractivity contribution in [2.75, 3.05) is 12.4 Å². The number of carbonyl (C=O) groups excluding carboxylic acids is 1. The summed E-state index contributed by atoms with van der Waals surface area (Å²) in [7, 11) is 1.27. The van der Waals surface area contributed by atoms with Crippen LogP contribution in [0.1, 0.15) is 37.2 Å². The Bertz CT molecular complexity index is 469. The Morgan fingerprint density at radius 2 is 2.05 bits per heavy atom. The van der Waals surface area contributed by atoms with E-state index in [2.05, 4.69) is 15.0 Å². The lowest BCUT2D eigenvalue weighted by atomic mass is 9.92. The van der Waals surface area contributed by atoms with E-state index in [4.69, 9.17) is 0 Å². The molecule has 0 fully saturated rings. The zero-order valence-electron chi connectivity index (χ0n) is 11.3. The number of anilines is 1. The number of hydrogen-bond donors (Lipinski definition) is 2. The summed E-state index contributed by atoms with van der Waals surface area (Å²) in [5, 5.41) is 12.3. The summed E-state index contributed by atoms with van der Waals surface area (Å²) in [4.78, 5) is 26.6. The molecule has 0 aliphatic rings. The van der Waals surface area contributed by atoms with Crippen LogP contribution in [0.4, 0.5) is 5.69 Å². The number of nitrogens with zero attached hydrogens (tertiary/aromatic N) is 1. The van der Waals surface area contributed by atoms with Gasteiger partial charge in [-0.1, -0.05) is 13.8 Å². The number of pyridine rings is 1. The van der Waals surface area contributed by atoms with Crippen LogP contribution in [0.25, 0.3) is 0 Å². The van der Waals surface area contributed by atoms with Crippen LogP contribution >= 0.6 is 0 Å². The third-order valence-electron chi connectivity index (χ3n) is 3.15. The molecule has 0 aromatic carbocycles. The monoisotopic (exact) mass is 266 g/mol. The van der Waals surface area contributed by atoms with Crippen molar-refractivity contribution < 1.29 is 19.4 Å². The van der Waals surface area contributed by atoms with Crippen molar-refractivity contribution in [1.29, 1.82) is 0 Å². The number of aliphatic carboxylic acids is 1. The van der Waals surface area contributed by atoms with Gasteiger partial charge in [-0.15, -0.1) is 0 Å². The van der Waals surface area contributed by atoms with E-state index < -0.39 is 17.5 Å². The highest BCUT2D eigenvalue weighted by atomic mass is 16.5. The quantitative estimate of drug-likeness (QED) is 0.765. The van der Waals surface area contributed by atoms with Crippen LogP contribution in [0.2, 0.25) is 0 Å². The molecule has 0 unspecified atom stereocenters. The van der Waals surface area contributed by atoms with E-state index in [1.165, 1.54) is 19.4 Å². The van der Waals surface area contributed by atoms with E-state index in [0.717, 1.165) is 0 Å². The molecule has 0 atom stereocenters. The standard InChI is InChI=1S/C13H18N2O4/c1-4-13(5-2,12(17)18)15-9-6-7-14-10(8-9)11(16)19-3/h6-8H,4-5H2,1-3H3,(H,14,15)(H,17,18). The van der Waals surface area contributed by atoms with Crippen LogP contribution in [0.5, 0.6) is 0 Å². The smallest absolute Gasteiger partial charge is 0.356 e. The number of hydrogen-bond acceptors (Lipinski definition) is 5. The Balaban J connectivity index is 3.04. The highest BCUT2D eigenvalue weighted by Crippen LogP contribution is 2.23. The predicted molar refractivity (Wildman–Crippen MR) is 70.1 cm³/mol. The largest absolute Gasteiger partial charge is 0.480 e. The molecular formula is C13H18N2O4. The normalized spacial score (nSPS) is 10.9. The van der Waals surface area contributed by atoms with Crippen molar-refractivity contribution in [1.82, 2.24) is 4.98 Å². The first kappa shape index (κ1) is 14.9. The number of ether oxygens (including phenoxy) is 1. The number of aromatic nitrogens is 1. The number of carboxylic acid groups (broad SMARTS) is 1. The van der Waals surface area contributed by atoms with Crippen molar-refractivity contribution in [3.8, 4) is 0 Å².